The monoisotopic (exact) mass is 270 g/mol. The first-order valence-electron chi connectivity index (χ1n) is 6.54. The normalized spacial score (nSPS) is 20.1. The molecule has 5 heteroatoms. The predicted molar refractivity (Wildman–Crippen MR) is 72.1 cm³/mol. The van der Waals surface area contributed by atoms with Crippen LogP contribution in [0.5, 0.6) is 5.75 Å². The van der Waals surface area contributed by atoms with Gasteiger partial charge in [0.15, 0.2) is 0 Å². The molecule has 1 aliphatic heterocycles. The standard InChI is InChI=1S/C14H20F2N2O/c1-14(15,16)10-5-6-12(13(8-10)19-2)18-11-4-3-7-17-9-11/h5-6,8,11,17-18H,3-4,7,9H2,1-2H3. The van der Waals surface area contributed by atoms with Crippen LogP contribution in [0.2, 0.25) is 0 Å². The highest BCUT2D eigenvalue weighted by Crippen LogP contribution is 2.34. The van der Waals surface area contributed by atoms with E-state index >= 15 is 0 Å². The number of alkyl halides is 2. The van der Waals surface area contributed by atoms with E-state index in [0.717, 1.165) is 38.5 Å². The van der Waals surface area contributed by atoms with Crippen molar-refractivity contribution in [2.75, 3.05) is 25.5 Å². The largest absolute Gasteiger partial charge is 0.495 e. The van der Waals surface area contributed by atoms with E-state index in [4.69, 9.17) is 4.74 Å². The topological polar surface area (TPSA) is 33.3 Å². The summed E-state index contributed by atoms with van der Waals surface area (Å²) in [7, 11) is 1.50. The van der Waals surface area contributed by atoms with Gasteiger partial charge in [-0.1, -0.05) is 6.07 Å². The summed E-state index contributed by atoms with van der Waals surface area (Å²) < 4.78 is 31.8. The molecule has 0 amide bonds. The second-order valence-electron chi connectivity index (χ2n) is 4.99. The van der Waals surface area contributed by atoms with Crippen molar-refractivity contribution < 1.29 is 13.5 Å². The molecule has 1 aromatic rings. The van der Waals surface area contributed by atoms with Crippen molar-refractivity contribution in [1.82, 2.24) is 5.32 Å². The fourth-order valence-corrected chi connectivity index (χ4v) is 2.28. The van der Waals surface area contributed by atoms with Crippen LogP contribution in [0.3, 0.4) is 0 Å². The van der Waals surface area contributed by atoms with Crippen molar-refractivity contribution in [2.24, 2.45) is 0 Å². The molecular formula is C14H20F2N2O. The van der Waals surface area contributed by atoms with E-state index in [9.17, 15) is 8.78 Å². The van der Waals surface area contributed by atoms with E-state index in [1.165, 1.54) is 19.2 Å². The van der Waals surface area contributed by atoms with Crippen molar-refractivity contribution in [3.05, 3.63) is 23.8 Å². The predicted octanol–water partition coefficient (Wildman–Crippen LogP) is 2.97. The molecule has 3 nitrogen and oxygen atoms in total. The lowest BCUT2D eigenvalue weighted by Gasteiger charge is -2.26. The molecule has 2 N–H and O–H groups in total. The van der Waals surface area contributed by atoms with E-state index in [0.29, 0.717) is 11.8 Å². The number of rotatable bonds is 4. The maximum atomic E-state index is 13.3. The van der Waals surface area contributed by atoms with Crippen LogP contribution in [0.1, 0.15) is 25.3 Å². The summed E-state index contributed by atoms with van der Waals surface area (Å²) in [5, 5.41) is 6.65. The molecule has 2 rings (SSSR count). The number of ether oxygens (including phenoxy) is 1. The second-order valence-corrected chi connectivity index (χ2v) is 4.99. The van der Waals surface area contributed by atoms with E-state index in [2.05, 4.69) is 10.6 Å². The van der Waals surface area contributed by atoms with Gasteiger partial charge in [-0.2, -0.15) is 0 Å². The Morgan fingerprint density at radius 3 is 2.79 bits per heavy atom. The fourth-order valence-electron chi connectivity index (χ4n) is 2.28. The van der Waals surface area contributed by atoms with Gasteiger partial charge in [-0.3, -0.25) is 0 Å². The molecule has 1 aliphatic rings. The van der Waals surface area contributed by atoms with Crippen LogP contribution in [0.15, 0.2) is 18.2 Å². The number of nitrogens with one attached hydrogen (secondary N) is 2. The molecule has 0 saturated carbocycles. The van der Waals surface area contributed by atoms with Crippen LogP contribution in [0, 0.1) is 0 Å². The highest BCUT2D eigenvalue weighted by Gasteiger charge is 2.25. The van der Waals surface area contributed by atoms with Gasteiger partial charge < -0.3 is 15.4 Å². The highest BCUT2D eigenvalue weighted by atomic mass is 19.3. The maximum absolute atomic E-state index is 13.3. The number of halogens is 2. The van der Waals surface area contributed by atoms with Gasteiger partial charge in [0.25, 0.3) is 5.92 Å². The van der Waals surface area contributed by atoms with Crippen LogP contribution in [-0.4, -0.2) is 26.2 Å². The molecule has 0 aromatic heterocycles. The highest BCUT2D eigenvalue weighted by molar-refractivity contribution is 5.58. The summed E-state index contributed by atoms with van der Waals surface area (Å²) in [5.74, 6) is -2.39. The first kappa shape index (κ1) is 14.1. The Morgan fingerprint density at radius 2 is 2.21 bits per heavy atom. The fraction of sp³-hybridized carbons (Fsp3) is 0.571. The second kappa shape index (κ2) is 5.74. The quantitative estimate of drug-likeness (QED) is 0.882. The summed E-state index contributed by atoms with van der Waals surface area (Å²) in [6, 6.07) is 4.83. The van der Waals surface area contributed by atoms with E-state index in [1.54, 1.807) is 6.07 Å². The van der Waals surface area contributed by atoms with Gasteiger partial charge in [0.05, 0.1) is 12.8 Å². The van der Waals surface area contributed by atoms with Gasteiger partial charge in [0.1, 0.15) is 5.75 Å². The van der Waals surface area contributed by atoms with Gasteiger partial charge in [-0.15, -0.1) is 0 Å². The lowest BCUT2D eigenvalue weighted by molar-refractivity contribution is 0.0173. The van der Waals surface area contributed by atoms with Crippen molar-refractivity contribution in [3.63, 3.8) is 0 Å². The van der Waals surface area contributed by atoms with Gasteiger partial charge in [0.2, 0.25) is 0 Å². The number of piperidine rings is 1. The van der Waals surface area contributed by atoms with E-state index in [-0.39, 0.29) is 5.56 Å². The van der Waals surface area contributed by atoms with Crippen LogP contribution < -0.4 is 15.4 Å². The molecule has 1 heterocycles. The third kappa shape index (κ3) is 3.56. The van der Waals surface area contributed by atoms with Crippen molar-refractivity contribution in [1.29, 1.82) is 0 Å². The van der Waals surface area contributed by atoms with Gasteiger partial charge in [-0.25, -0.2) is 8.78 Å². The lowest BCUT2D eigenvalue weighted by Crippen LogP contribution is -2.38. The third-order valence-electron chi connectivity index (χ3n) is 3.36. The molecule has 1 aromatic carbocycles. The SMILES string of the molecule is COc1cc(C(C)(F)F)ccc1NC1CCCNC1. The zero-order chi connectivity index (χ0) is 13.9. The summed E-state index contributed by atoms with van der Waals surface area (Å²) in [6.07, 6.45) is 2.19. The van der Waals surface area contributed by atoms with E-state index in [1.807, 2.05) is 0 Å². The Hall–Kier alpha value is -1.36. The summed E-state index contributed by atoms with van der Waals surface area (Å²) in [5.41, 5.74) is 0.737. The lowest BCUT2D eigenvalue weighted by atomic mass is 10.1. The number of hydrogen-bond donors (Lipinski definition) is 2. The van der Waals surface area contributed by atoms with Crippen LogP contribution >= 0.6 is 0 Å². The molecule has 1 fully saturated rings. The zero-order valence-corrected chi connectivity index (χ0v) is 11.3. The number of benzene rings is 1. The average Bonchev–Trinajstić information content (AvgIpc) is 2.39. The average molecular weight is 270 g/mol. The smallest absolute Gasteiger partial charge is 0.270 e. The Labute approximate surface area is 112 Å². The molecule has 1 saturated heterocycles. The maximum Gasteiger partial charge on any atom is 0.270 e. The molecule has 0 radical (unpaired) electrons. The van der Waals surface area contributed by atoms with Crippen LogP contribution in [0.25, 0.3) is 0 Å². The van der Waals surface area contributed by atoms with Crippen molar-refractivity contribution in [2.45, 2.75) is 31.7 Å². The number of methoxy groups -OCH3 is 1. The summed E-state index contributed by atoms with van der Waals surface area (Å²) in [4.78, 5) is 0. The Balaban J connectivity index is 2.16. The third-order valence-corrected chi connectivity index (χ3v) is 3.36. The molecule has 1 atom stereocenters. The molecule has 0 aliphatic carbocycles. The van der Waals surface area contributed by atoms with Crippen LogP contribution in [-0.2, 0) is 5.92 Å². The molecule has 0 spiro atoms. The molecular weight excluding hydrogens is 250 g/mol. The first-order valence-corrected chi connectivity index (χ1v) is 6.54. The minimum atomic E-state index is -2.85. The zero-order valence-electron chi connectivity index (χ0n) is 11.3. The molecule has 1 unspecified atom stereocenters. The van der Waals surface area contributed by atoms with Crippen LogP contribution in [0.4, 0.5) is 14.5 Å². The van der Waals surface area contributed by atoms with Gasteiger partial charge in [-0.05, 0) is 31.5 Å². The first-order chi connectivity index (χ1) is 9.00. The van der Waals surface area contributed by atoms with Gasteiger partial charge >= 0.3 is 0 Å². The number of anilines is 1. The van der Waals surface area contributed by atoms with Crippen molar-refractivity contribution in [3.8, 4) is 5.75 Å². The minimum Gasteiger partial charge on any atom is -0.495 e. The number of hydrogen-bond acceptors (Lipinski definition) is 3. The molecule has 106 valence electrons. The molecule has 0 bridgehead atoms. The van der Waals surface area contributed by atoms with Gasteiger partial charge in [0, 0.05) is 25.1 Å². The Kier molecular flexibility index (Phi) is 4.24. The Morgan fingerprint density at radius 1 is 1.42 bits per heavy atom. The summed E-state index contributed by atoms with van der Waals surface area (Å²) >= 11 is 0. The minimum absolute atomic E-state index is 0.0309. The van der Waals surface area contributed by atoms with Crippen molar-refractivity contribution >= 4 is 5.69 Å². The Bertz CT molecular complexity index is 426. The van der Waals surface area contributed by atoms with E-state index < -0.39 is 5.92 Å². The summed E-state index contributed by atoms with van der Waals surface area (Å²) in [6.45, 7) is 2.81. The molecule has 19 heavy (non-hydrogen) atoms.